The Morgan fingerprint density at radius 1 is 1.21 bits per heavy atom. The molecule has 33 heavy (non-hydrogen) atoms. The van der Waals surface area contributed by atoms with Crippen LogP contribution in [-0.4, -0.2) is 52.3 Å². The molecule has 7 nitrogen and oxygen atoms in total. The number of halogens is 2. The summed E-state index contributed by atoms with van der Waals surface area (Å²) in [5.41, 5.74) is 3.17. The van der Waals surface area contributed by atoms with Crippen LogP contribution < -0.4 is 4.90 Å². The molecule has 2 fully saturated rings. The van der Waals surface area contributed by atoms with E-state index >= 15 is 0 Å². The van der Waals surface area contributed by atoms with E-state index in [9.17, 15) is 9.18 Å². The van der Waals surface area contributed by atoms with E-state index in [-0.39, 0.29) is 12.0 Å². The van der Waals surface area contributed by atoms with Crippen LogP contribution in [0.15, 0.2) is 36.7 Å². The van der Waals surface area contributed by atoms with Gasteiger partial charge in [-0.15, -0.1) is 0 Å². The predicted octanol–water partition coefficient (Wildman–Crippen LogP) is 4.24. The van der Waals surface area contributed by atoms with Gasteiger partial charge in [-0.05, 0) is 37.1 Å². The molecule has 2 aliphatic heterocycles. The fraction of sp³-hybridized carbons (Fsp3) is 0.375. The molecule has 6 rings (SSSR count). The highest BCUT2D eigenvalue weighted by Crippen LogP contribution is 2.37. The third kappa shape index (κ3) is 3.67. The minimum absolute atomic E-state index is 0.0835. The Morgan fingerprint density at radius 3 is 2.85 bits per heavy atom. The average molecular weight is 468 g/mol. The lowest BCUT2D eigenvalue weighted by atomic mass is 10.0. The summed E-state index contributed by atoms with van der Waals surface area (Å²) in [5.74, 6) is 0.105. The van der Waals surface area contributed by atoms with Crippen molar-refractivity contribution in [2.75, 3.05) is 31.6 Å². The van der Waals surface area contributed by atoms with Gasteiger partial charge in [-0.3, -0.25) is 9.48 Å². The molecule has 0 radical (unpaired) electrons. The van der Waals surface area contributed by atoms with Gasteiger partial charge in [0.1, 0.15) is 17.7 Å². The van der Waals surface area contributed by atoms with Crippen LogP contribution in [0.3, 0.4) is 0 Å². The number of carbonyl (C=O) groups is 1. The summed E-state index contributed by atoms with van der Waals surface area (Å²) >= 11 is 5.97. The largest absolute Gasteiger partial charge is 0.370 e. The maximum atomic E-state index is 14.9. The molecule has 0 N–H and O–H groups in total. The Balaban J connectivity index is 1.37. The summed E-state index contributed by atoms with van der Waals surface area (Å²) in [6, 6.07) is 6.89. The second-order valence-electron chi connectivity index (χ2n) is 8.93. The number of carbonyl (C=O) groups excluding carboxylic acids is 1. The number of hydrogen-bond acceptors (Lipinski definition) is 5. The van der Waals surface area contributed by atoms with E-state index in [1.165, 1.54) is 18.9 Å². The summed E-state index contributed by atoms with van der Waals surface area (Å²) in [7, 11) is 1.74. The van der Waals surface area contributed by atoms with Gasteiger partial charge in [0, 0.05) is 54.6 Å². The molecule has 9 heteroatoms. The van der Waals surface area contributed by atoms with Gasteiger partial charge in [0.15, 0.2) is 0 Å². The number of rotatable bonds is 4. The summed E-state index contributed by atoms with van der Waals surface area (Å²) < 4.78 is 22.9. The van der Waals surface area contributed by atoms with Gasteiger partial charge in [0.25, 0.3) is 5.91 Å². The van der Waals surface area contributed by atoms with Gasteiger partial charge < -0.3 is 14.5 Å². The lowest BCUT2D eigenvalue weighted by molar-refractivity contribution is 0.0395. The zero-order chi connectivity index (χ0) is 22.7. The van der Waals surface area contributed by atoms with E-state index in [0.29, 0.717) is 59.9 Å². The number of fused-ring (bicyclic) bond motifs is 1. The van der Waals surface area contributed by atoms with Crippen molar-refractivity contribution in [3.63, 3.8) is 0 Å². The van der Waals surface area contributed by atoms with Crippen molar-refractivity contribution in [1.82, 2.24) is 19.7 Å². The molecule has 0 spiro atoms. The molecule has 2 aromatic heterocycles. The lowest BCUT2D eigenvalue weighted by Gasteiger charge is -2.33. The third-order valence-electron chi connectivity index (χ3n) is 6.57. The van der Waals surface area contributed by atoms with Crippen molar-refractivity contribution in [3.05, 3.63) is 64.2 Å². The van der Waals surface area contributed by atoms with Crippen molar-refractivity contribution in [2.45, 2.75) is 31.5 Å². The highest BCUT2D eigenvalue weighted by Gasteiger charge is 2.33. The van der Waals surface area contributed by atoms with Crippen LogP contribution in [0.1, 0.15) is 46.5 Å². The number of amides is 1. The van der Waals surface area contributed by atoms with Crippen LogP contribution in [0.25, 0.3) is 11.3 Å². The van der Waals surface area contributed by atoms with E-state index in [1.54, 1.807) is 24.1 Å². The average Bonchev–Trinajstić information content (AvgIpc) is 3.47. The van der Waals surface area contributed by atoms with Gasteiger partial charge in [-0.25, -0.2) is 9.37 Å². The molecule has 1 atom stereocenters. The standard InChI is InChI=1S/C24H23ClFN5O2/c1-29-12-19-18(24(29)32)9-22(28-23(19)17-5-2-15(25)8-20(17)26)30-6-7-33-21(13-30)14-10-27-31(11-14)16-3-4-16/h2,5,8-11,16,21H,3-4,6-7,12-13H2,1H3/t21-/m1/s1. The molecule has 3 aromatic rings. The summed E-state index contributed by atoms with van der Waals surface area (Å²) in [4.78, 5) is 21.4. The van der Waals surface area contributed by atoms with Crippen molar-refractivity contribution >= 4 is 23.3 Å². The normalized spacial score (nSPS) is 20.5. The maximum Gasteiger partial charge on any atom is 0.254 e. The van der Waals surface area contributed by atoms with E-state index in [2.05, 4.69) is 16.2 Å². The monoisotopic (exact) mass is 467 g/mol. The van der Waals surface area contributed by atoms with Crippen molar-refractivity contribution in [3.8, 4) is 11.3 Å². The summed E-state index contributed by atoms with van der Waals surface area (Å²) in [6.07, 6.45) is 6.13. The second kappa shape index (κ2) is 7.81. The number of anilines is 1. The lowest BCUT2D eigenvalue weighted by Crippen LogP contribution is -2.39. The summed E-state index contributed by atoms with van der Waals surface area (Å²) in [5, 5.41) is 4.81. The Bertz CT molecular complexity index is 1260. The molecule has 170 valence electrons. The fourth-order valence-electron chi connectivity index (χ4n) is 4.61. The smallest absolute Gasteiger partial charge is 0.254 e. The van der Waals surface area contributed by atoms with Gasteiger partial charge in [0.05, 0.1) is 30.1 Å². The second-order valence-corrected chi connectivity index (χ2v) is 9.37. The van der Waals surface area contributed by atoms with Crippen molar-refractivity contribution < 1.29 is 13.9 Å². The van der Waals surface area contributed by atoms with E-state index < -0.39 is 5.82 Å². The SMILES string of the molecule is CN1Cc2c(cc(N3CCO[C@@H](c4cnn(C5CC5)c4)C3)nc2-c2ccc(Cl)cc2F)C1=O. The Morgan fingerprint density at radius 2 is 2.06 bits per heavy atom. The maximum absolute atomic E-state index is 14.9. The highest BCUT2D eigenvalue weighted by atomic mass is 35.5. The number of nitrogens with zero attached hydrogens (tertiary/aromatic N) is 5. The minimum atomic E-state index is -0.455. The molecule has 1 amide bonds. The molecular weight excluding hydrogens is 445 g/mol. The zero-order valence-corrected chi connectivity index (χ0v) is 18.9. The first-order chi connectivity index (χ1) is 16.0. The summed E-state index contributed by atoms with van der Waals surface area (Å²) in [6.45, 7) is 2.13. The molecule has 3 aliphatic rings. The molecule has 1 saturated heterocycles. The third-order valence-corrected chi connectivity index (χ3v) is 6.81. The topological polar surface area (TPSA) is 63.5 Å². The first kappa shape index (κ1) is 20.6. The molecule has 0 unspecified atom stereocenters. The molecule has 1 aliphatic carbocycles. The Hall–Kier alpha value is -2.97. The van der Waals surface area contributed by atoms with Gasteiger partial charge in [-0.2, -0.15) is 5.10 Å². The van der Waals surface area contributed by atoms with Crippen molar-refractivity contribution in [2.24, 2.45) is 0 Å². The van der Waals surface area contributed by atoms with E-state index in [0.717, 1.165) is 11.1 Å². The molecular formula is C24H23ClFN5O2. The molecule has 1 saturated carbocycles. The van der Waals surface area contributed by atoms with E-state index in [4.69, 9.17) is 21.3 Å². The molecule has 0 bridgehead atoms. The van der Waals surface area contributed by atoms with Crippen LogP contribution in [0.2, 0.25) is 5.02 Å². The minimum Gasteiger partial charge on any atom is -0.370 e. The number of pyridine rings is 1. The van der Waals surface area contributed by atoms with Crippen LogP contribution in [0, 0.1) is 5.82 Å². The number of aromatic nitrogens is 3. The van der Waals surface area contributed by atoms with Crippen LogP contribution in [0.4, 0.5) is 10.2 Å². The van der Waals surface area contributed by atoms with Gasteiger partial charge in [-0.1, -0.05) is 11.6 Å². The first-order valence-electron chi connectivity index (χ1n) is 11.1. The highest BCUT2D eigenvalue weighted by molar-refractivity contribution is 6.30. The Labute approximate surface area is 195 Å². The van der Waals surface area contributed by atoms with Crippen LogP contribution >= 0.6 is 11.6 Å². The Kier molecular flexibility index (Phi) is 4.88. The zero-order valence-electron chi connectivity index (χ0n) is 18.2. The predicted molar refractivity (Wildman–Crippen MR) is 122 cm³/mol. The molecule has 4 heterocycles. The number of hydrogen-bond donors (Lipinski definition) is 0. The van der Waals surface area contributed by atoms with E-state index in [1.807, 2.05) is 16.9 Å². The van der Waals surface area contributed by atoms with Crippen LogP contribution in [0.5, 0.6) is 0 Å². The van der Waals surface area contributed by atoms with Gasteiger partial charge >= 0.3 is 0 Å². The fourth-order valence-corrected chi connectivity index (χ4v) is 4.77. The van der Waals surface area contributed by atoms with Gasteiger partial charge in [0.2, 0.25) is 0 Å². The van der Waals surface area contributed by atoms with Crippen LogP contribution in [-0.2, 0) is 11.3 Å². The number of ether oxygens (including phenoxy) is 1. The number of morpholine rings is 1. The quantitative estimate of drug-likeness (QED) is 0.574. The first-order valence-corrected chi connectivity index (χ1v) is 11.5. The van der Waals surface area contributed by atoms with Crippen molar-refractivity contribution in [1.29, 1.82) is 0 Å². The number of benzene rings is 1. The molecule has 1 aromatic carbocycles.